The van der Waals surface area contributed by atoms with Gasteiger partial charge < -0.3 is 4.90 Å². The quantitative estimate of drug-likeness (QED) is 0.764. The fourth-order valence-electron chi connectivity index (χ4n) is 1.85. The molecule has 0 spiro atoms. The molecule has 7 heteroatoms. The van der Waals surface area contributed by atoms with Gasteiger partial charge in [0.1, 0.15) is 0 Å². The van der Waals surface area contributed by atoms with Crippen LogP contribution in [0.3, 0.4) is 0 Å². The van der Waals surface area contributed by atoms with Crippen molar-refractivity contribution in [2.24, 2.45) is 0 Å². The van der Waals surface area contributed by atoms with Gasteiger partial charge >= 0.3 is 0 Å². The van der Waals surface area contributed by atoms with Crippen molar-refractivity contribution in [3.8, 4) is 0 Å². The van der Waals surface area contributed by atoms with Gasteiger partial charge in [0, 0.05) is 25.7 Å². The Bertz CT molecular complexity index is 593. The molecule has 0 saturated heterocycles. The van der Waals surface area contributed by atoms with E-state index < -0.39 is 10.0 Å². The van der Waals surface area contributed by atoms with Crippen molar-refractivity contribution < 1.29 is 18.0 Å². The molecule has 1 aromatic carbocycles. The first kappa shape index (κ1) is 15.0. The highest BCUT2D eigenvalue weighted by Crippen LogP contribution is 2.27. The van der Waals surface area contributed by atoms with Gasteiger partial charge in [0.25, 0.3) is 15.9 Å². The van der Waals surface area contributed by atoms with Gasteiger partial charge in [0.05, 0.1) is 12.0 Å². The highest BCUT2D eigenvalue weighted by Gasteiger charge is 2.30. The van der Waals surface area contributed by atoms with E-state index in [-0.39, 0.29) is 10.8 Å². The summed E-state index contributed by atoms with van der Waals surface area (Å²) in [7, 11) is 0.690. The van der Waals surface area contributed by atoms with Crippen LogP contribution in [0.25, 0.3) is 0 Å². The maximum atomic E-state index is 12.1. The fraction of sp³-hybridized carbons (Fsp3) is 0.462. The molecule has 1 aliphatic rings. The largest absolute Gasteiger partial charge is 0.339 e. The summed E-state index contributed by atoms with van der Waals surface area (Å²) in [5, 5.41) is 0. The molecule has 1 fully saturated rings. The zero-order valence-electron chi connectivity index (χ0n) is 11.7. The van der Waals surface area contributed by atoms with Gasteiger partial charge in [0.15, 0.2) is 0 Å². The second kappa shape index (κ2) is 5.51. The van der Waals surface area contributed by atoms with Gasteiger partial charge in [-0.2, -0.15) is 0 Å². The van der Waals surface area contributed by atoms with Crippen molar-refractivity contribution in [2.75, 3.05) is 21.2 Å². The lowest BCUT2D eigenvalue weighted by molar-refractivity contribution is -0.0258. The smallest absolute Gasteiger partial charge is 0.264 e. The molecule has 0 heterocycles. The summed E-state index contributed by atoms with van der Waals surface area (Å²) in [6.07, 6.45) is 2.07. The van der Waals surface area contributed by atoms with E-state index in [4.69, 9.17) is 4.84 Å². The topological polar surface area (TPSA) is 66.9 Å². The second-order valence-corrected chi connectivity index (χ2v) is 6.70. The van der Waals surface area contributed by atoms with Crippen LogP contribution >= 0.6 is 0 Å². The molecule has 1 saturated carbocycles. The first-order chi connectivity index (χ1) is 9.37. The van der Waals surface area contributed by atoms with E-state index in [0.29, 0.717) is 11.6 Å². The summed E-state index contributed by atoms with van der Waals surface area (Å²) < 4.78 is 24.8. The normalized spacial score (nSPS) is 15.4. The minimum absolute atomic E-state index is 0.0865. The van der Waals surface area contributed by atoms with Gasteiger partial charge in [0.2, 0.25) is 0 Å². The van der Waals surface area contributed by atoms with Crippen LogP contribution in [-0.4, -0.2) is 50.9 Å². The summed E-state index contributed by atoms with van der Waals surface area (Å²) in [6.45, 7) is 0. The lowest BCUT2D eigenvalue weighted by Crippen LogP contribution is -2.29. The number of carbonyl (C=O) groups excluding carboxylic acids is 1. The van der Waals surface area contributed by atoms with Gasteiger partial charge in [-0.3, -0.25) is 9.63 Å². The van der Waals surface area contributed by atoms with Crippen LogP contribution < -0.4 is 0 Å². The molecule has 0 radical (unpaired) electrons. The van der Waals surface area contributed by atoms with Gasteiger partial charge in [-0.1, -0.05) is 4.47 Å². The molecule has 0 aliphatic heterocycles. The monoisotopic (exact) mass is 298 g/mol. The Hall–Kier alpha value is -1.44. The molecule has 1 amide bonds. The lowest BCUT2D eigenvalue weighted by atomic mass is 10.2. The van der Waals surface area contributed by atoms with Crippen molar-refractivity contribution in [3.05, 3.63) is 29.8 Å². The van der Waals surface area contributed by atoms with E-state index in [2.05, 4.69) is 0 Å². The molecule has 6 nitrogen and oxygen atoms in total. The number of hydroxylamine groups is 1. The molecule has 1 aromatic rings. The molecule has 2 rings (SSSR count). The number of sulfonamides is 1. The third kappa shape index (κ3) is 2.84. The third-order valence-electron chi connectivity index (χ3n) is 3.41. The fourth-order valence-corrected chi connectivity index (χ4v) is 2.82. The summed E-state index contributed by atoms with van der Waals surface area (Å²) in [5.41, 5.74) is 0.485. The Labute approximate surface area is 118 Å². The average molecular weight is 298 g/mol. The third-order valence-corrected chi connectivity index (χ3v) is 5.10. The zero-order chi connectivity index (χ0) is 14.9. The van der Waals surface area contributed by atoms with Gasteiger partial charge in [-0.15, -0.1) is 0 Å². The van der Waals surface area contributed by atoms with E-state index in [1.165, 1.54) is 38.4 Å². The molecule has 110 valence electrons. The van der Waals surface area contributed by atoms with Crippen LogP contribution in [-0.2, 0) is 14.9 Å². The van der Waals surface area contributed by atoms with Crippen molar-refractivity contribution in [1.29, 1.82) is 0 Å². The van der Waals surface area contributed by atoms with Gasteiger partial charge in [-0.05, 0) is 37.1 Å². The minimum atomic E-state index is -3.67. The van der Waals surface area contributed by atoms with E-state index in [0.717, 1.165) is 17.3 Å². The Morgan fingerprint density at radius 3 is 2.20 bits per heavy atom. The SMILES string of the molecule is CON(C)S(=O)(=O)c1ccc(C(=O)N(C)C2CC2)cc1. The van der Waals surface area contributed by atoms with Crippen LogP contribution in [0, 0.1) is 0 Å². The number of benzene rings is 1. The Morgan fingerprint density at radius 2 is 1.75 bits per heavy atom. The van der Waals surface area contributed by atoms with Crippen LogP contribution in [0.4, 0.5) is 0 Å². The zero-order valence-corrected chi connectivity index (χ0v) is 12.6. The molecule has 0 aromatic heterocycles. The maximum absolute atomic E-state index is 12.1. The van der Waals surface area contributed by atoms with E-state index in [1.807, 2.05) is 0 Å². The maximum Gasteiger partial charge on any atom is 0.264 e. The predicted molar refractivity (Wildman–Crippen MR) is 73.5 cm³/mol. The molecule has 20 heavy (non-hydrogen) atoms. The summed E-state index contributed by atoms with van der Waals surface area (Å²) >= 11 is 0. The lowest BCUT2D eigenvalue weighted by Gasteiger charge is -2.17. The number of rotatable bonds is 5. The molecule has 0 bridgehead atoms. The van der Waals surface area contributed by atoms with Gasteiger partial charge in [-0.25, -0.2) is 8.42 Å². The number of nitrogens with zero attached hydrogens (tertiary/aromatic N) is 2. The Morgan fingerprint density at radius 1 is 1.20 bits per heavy atom. The van der Waals surface area contributed by atoms with Crippen molar-refractivity contribution in [3.63, 3.8) is 0 Å². The molecule has 1 aliphatic carbocycles. The average Bonchev–Trinajstić information content (AvgIpc) is 3.29. The van der Waals surface area contributed by atoms with E-state index in [1.54, 1.807) is 11.9 Å². The number of hydrogen-bond acceptors (Lipinski definition) is 4. The van der Waals surface area contributed by atoms with Crippen LogP contribution in [0.15, 0.2) is 29.2 Å². The highest BCUT2D eigenvalue weighted by molar-refractivity contribution is 7.89. The molecule has 0 unspecified atom stereocenters. The number of hydrogen-bond donors (Lipinski definition) is 0. The predicted octanol–water partition coefficient (Wildman–Crippen LogP) is 1.10. The molecule has 0 atom stereocenters. The Balaban J connectivity index is 2.20. The van der Waals surface area contributed by atoms with Crippen molar-refractivity contribution >= 4 is 15.9 Å². The number of amides is 1. The van der Waals surface area contributed by atoms with Crippen molar-refractivity contribution in [1.82, 2.24) is 9.37 Å². The summed E-state index contributed by atoms with van der Waals surface area (Å²) in [4.78, 5) is 18.6. The highest BCUT2D eigenvalue weighted by atomic mass is 32.2. The first-order valence-electron chi connectivity index (χ1n) is 6.28. The van der Waals surface area contributed by atoms with E-state index >= 15 is 0 Å². The van der Waals surface area contributed by atoms with Crippen LogP contribution in [0.5, 0.6) is 0 Å². The van der Waals surface area contributed by atoms with Crippen LogP contribution in [0.2, 0.25) is 0 Å². The number of carbonyl (C=O) groups is 1. The first-order valence-corrected chi connectivity index (χ1v) is 7.72. The summed E-state index contributed by atoms with van der Waals surface area (Å²) in [6, 6.07) is 6.21. The molecule has 0 N–H and O–H groups in total. The van der Waals surface area contributed by atoms with Crippen molar-refractivity contribution in [2.45, 2.75) is 23.8 Å². The molecular formula is C13H18N2O4S. The molecular weight excluding hydrogens is 280 g/mol. The standard InChI is InChI=1S/C13H18N2O4S/c1-14(11-6-7-11)13(16)10-4-8-12(9-5-10)20(17,18)15(2)19-3/h4-5,8-9,11H,6-7H2,1-3H3. The summed E-state index contributed by atoms with van der Waals surface area (Å²) in [5.74, 6) is -0.0865. The van der Waals surface area contributed by atoms with Crippen LogP contribution in [0.1, 0.15) is 23.2 Å². The second-order valence-electron chi connectivity index (χ2n) is 4.77. The van der Waals surface area contributed by atoms with E-state index in [9.17, 15) is 13.2 Å². The Kier molecular flexibility index (Phi) is 4.12. The minimum Gasteiger partial charge on any atom is -0.339 e.